The molecule has 0 saturated heterocycles. The fourth-order valence-corrected chi connectivity index (χ4v) is 1.81. The lowest BCUT2D eigenvalue weighted by molar-refractivity contribution is 0.559. The van der Waals surface area contributed by atoms with E-state index < -0.39 is 13.8 Å². The van der Waals surface area contributed by atoms with Gasteiger partial charge < -0.3 is 0 Å². The minimum Gasteiger partial charge on any atom is -0.212 e. The lowest BCUT2D eigenvalue weighted by Gasteiger charge is -2.20. The Hall–Kier alpha value is -0.250. The maximum atomic E-state index is 11.3. The van der Waals surface area contributed by atoms with Gasteiger partial charge in [-0.15, -0.1) is 0 Å². The summed E-state index contributed by atoms with van der Waals surface area (Å²) in [6.07, 6.45) is 0.371. The first-order valence-corrected chi connectivity index (χ1v) is 7.10. The fraction of sp³-hybridized carbons (Fsp3) is 0.400. The molecule has 0 saturated carbocycles. The SMILES string of the molecule is CC(C)(Cc1ccc(Cl)cc1)S(=O)(=O)Cl. The summed E-state index contributed by atoms with van der Waals surface area (Å²) in [6, 6.07) is 7.06. The predicted octanol–water partition coefficient (Wildman–Crippen LogP) is 3.23. The van der Waals surface area contributed by atoms with E-state index in [1.165, 1.54) is 0 Å². The lowest BCUT2D eigenvalue weighted by atomic mass is 10.0. The number of benzene rings is 1. The van der Waals surface area contributed by atoms with Gasteiger partial charge in [0.1, 0.15) is 0 Å². The van der Waals surface area contributed by atoms with E-state index in [0.29, 0.717) is 11.4 Å². The van der Waals surface area contributed by atoms with Gasteiger partial charge in [0.15, 0.2) is 0 Å². The molecule has 84 valence electrons. The van der Waals surface area contributed by atoms with Crippen LogP contribution >= 0.6 is 22.3 Å². The Bertz CT molecular complexity index is 435. The molecule has 0 aliphatic rings. The molecule has 1 aromatic carbocycles. The van der Waals surface area contributed by atoms with E-state index in [9.17, 15) is 8.42 Å². The largest absolute Gasteiger partial charge is 0.238 e. The average molecular weight is 267 g/mol. The summed E-state index contributed by atoms with van der Waals surface area (Å²) in [5.74, 6) is 0. The van der Waals surface area contributed by atoms with Crippen LogP contribution in [0.25, 0.3) is 0 Å². The molecule has 1 rings (SSSR count). The van der Waals surface area contributed by atoms with Crippen molar-refractivity contribution in [1.29, 1.82) is 0 Å². The highest BCUT2D eigenvalue weighted by molar-refractivity contribution is 8.14. The van der Waals surface area contributed by atoms with Crippen molar-refractivity contribution in [1.82, 2.24) is 0 Å². The van der Waals surface area contributed by atoms with Gasteiger partial charge in [-0.25, -0.2) is 8.42 Å². The Morgan fingerprint density at radius 2 is 1.67 bits per heavy atom. The number of halogens is 2. The summed E-state index contributed by atoms with van der Waals surface area (Å²) in [6.45, 7) is 3.20. The number of hydrogen-bond acceptors (Lipinski definition) is 2. The molecule has 2 nitrogen and oxygen atoms in total. The van der Waals surface area contributed by atoms with Crippen LogP contribution in [0.1, 0.15) is 19.4 Å². The van der Waals surface area contributed by atoms with Crippen LogP contribution in [0.3, 0.4) is 0 Å². The average Bonchev–Trinajstić information content (AvgIpc) is 2.06. The third kappa shape index (κ3) is 3.37. The molecule has 0 aliphatic carbocycles. The van der Waals surface area contributed by atoms with Gasteiger partial charge in [-0.05, 0) is 38.0 Å². The van der Waals surface area contributed by atoms with Crippen molar-refractivity contribution >= 4 is 31.3 Å². The van der Waals surface area contributed by atoms with Gasteiger partial charge in [0, 0.05) is 15.7 Å². The standard InChI is InChI=1S/C10H12Cl2O2S/c1-10(2,15(12,13)14)7-8-3-5-9(11)6-4-8/h3-6H,7H2,1-2H3. The van der Waals surface area contributed by atoms with Crippen LogP contribution in [0.4, 0.5) is 0 Å². The minimum absolute atomic E-state index is 0.371. The molecule has 0 atom stereocenters. The van der Waals surface area contributed by atoms with E-state index in [2.05, 4.69) is 0 Å². The van der Waals surface area contributed by atoms with Gasteiger partial charge in [0.25, 0.3) is 0 Å². The van der Waals surface area contributed by atoms with Crippen molar-refractivity contribution in [3.8, 4) is 0 Å². The molecule has 0 heterocycles. The summed E-state index contributed by atoms with van der Waals surface area (Å²) in [5, 5.41) is 0.630. The zero-order valence-electron chi connectivity index (χ0n) is 8.50. The molecule has 5 heteroatoms. The van der Waals surface area contributed by atoms with Gasteiger partial charge in [0.05, 0.1) is 4.75 Å². The van der Waals surface area contributed by atoms with Crippen LogP contribution in [0, 0.1) is 0 Å². The predicted molar refractivity (Wildman–Crippen MR) is 64.0 cm³/mol. The maximum absolute atomic E-state index is 11.3. The van der Waals surface area contributed by atoms with Crippen molar-refractivity contribution in [3.63, 3.8) is 0 Å². The first-order chi connectivity index (χ1) is 6.72. The van der Waals surface area contributed by atoms with Crippen LogP contribution in [-0.4, -0.2) is 13.2 Å². The highest BCUT2D eigenvalue weighted by Crippen LogP contribution is 2.25. The highest BCUT2D eigenvalue weighted by Gasteiger charge is 2.32. The summed E-state index contributed by atoms with van der Waals surface area (Å²) < 4.78 is 21.6. The second kappa shape index (κ2) is 4.32. The zero-order valence-corrected chi connectivity index (χ0v) is 10.8. The van der Waals surface area contributed by atoms with Crippen LogP contribution in [0.5, 0.6) is 0 Å². The van der Waals surface area contributed by atoms with E-state index in [1.807, 2.05) is 0 Å². The Morgan fingerprint density at radius 1 is 1.20 bits per heavy atom. The molecule has 0 fully saturated rings. The Morgan fingerprint density at radius 3 is 2.07 bits per heavy atom. The minimum atomic E-state index is -3.57. The summed E-state index contributed by atoms with van der Waals surface area (Å²) >= 11 is 5.73. The monoisotopic (exact) mass is 266 g/mol. The van der Waals surface area contributed by atoms with Crippen molar-refractivity contribution in [2.75, 3.05) is 0 Å². The molecule has 0 N–H and O–H groups in total. The molecule has 0 bridgehead atoms. The van der Waals surface area contributed by atoms with Crippen molar-refractivity contribution in [2.24, 2.45) is 0 Å². The molecule has 0 spiro atoms. The molecular weight excluding hydrogens is 255 g/mol. The topological polar surface area (TPSA) is 34.1 Å². The van der Waals surface area contributed by atoms with Gasteiger partial charge in [-0.2, -0.15) is 0 Å². The quantitative estimate of drug-likeness (QED) is 0.788. The van der Waals surface area contributed by atoms with Crippen molar-refractivity contribution in [3.05, 3.63) is 34.9 Å². The number of hydrogen-bond donors (Lipinski definition) is 0. The second-order valence-corrected chi connectivity index (χ2v) is 7.64. The normalized spacial score (nSPS) is 12.8. The first kappa shape index (κ1) is 12.8. The van der Waals surface area contributed by atoms with Crippen molar-refractivity contribution < 1.29 is 8.42 Å². The summed E-state index contributed by atoms with van der Waals surface area (Å²) in [5.41, 5.74) is 0.897. The van der Waals surface area contributed by atoms with E-state index in [0.717, 1.165) is 5.56 Å². The molecule has 0 aromatic heterocycles. The van der Waals surface area contributed by atoms with Gasteiger partial charge in [-0.3, -0.25) is 0 Å². The smallest absolute Gasteiger partial charge is 0.212 e. The summed E-state index contributed by atoms with van der Waals surface area (Å²) in [4.78, 5) is 0. The van der Waals surface area contributed by atoms with Crippen molar-refractivity contribution in [2.45, 2.75) is 25.0 Å². The maximum Gasteiger partial charge on any atom is 0.238 e. The lowest BCUT2D eigenvalue weighted by Crippen LogP contribution is -2.30. The van der Waals surface area contributed by atoms with Gasteiger partial charge in [0.2, 0.25) is 9.05 Å². The fourth-order valence-electron chi connectivity index (χ4n) is 1.18. The molecule has 0 unspecified atom stereocenters. The van der Waals surface area contributed by atoms with Gasteiger partial charge >= 0.3 is 0 Å². The third-order valence-electron chi connectivity index (χ3n) is 2.20. The number of rotatable bonds is 3. The highest BCUT2D eigenvalue weighted by atomic mass is 35.7. The third-order valence-corrected chi connectivity index (χ3v) is 5.17. The van der Waals surface area contributed by atoms with Crippen LogP contribution < -0.4 is 0 Å². The van der Waals surface area contributed by atoms with Crippen LogP contribution in [-0.2, 0) is 15.5 Å². The first-order valence-electron chi connectivity index (χ1n) is 4.41. The van der Waals surface area contributed by atoms with E-state index in [1.54, 1.807) is 38.1 Å². The Kier molecular flexibility index (Phi) is 3.69. The summed E-state index contributed by atoms with van der Waals surface area (Å²) in [7, 11) is 1.78. The van der Waals surface area contributed by atoms with E-state index >= 15 is 0 Å². The van der Waals surface area contributed by atoms with Gasteiger partial charge in [-0.1, -0.05) is 23.7 Å². The molecule has 0 amide bonds. The molecule has 0 radical (unpaired) electrons. The molecule has 0 aliphatic heterocycles. The Labute approximate surface area is 99.6 Å². The van der Waals surface area contributed by atoms with Crippen LogP contribution in [0.2, 0.25) is 5.02 Å². The molecule has 1 aromatic rings. The van der Waals surface area contributed by atoms with E-state index in [-0.39, 0.29) is 0 Å². The molecule has 15 heavy (non-hydrogen) atoms. The van der Waals surface area contributed by atoms with E-state index in [4.69, 9.17) is 22.3 Å². The zero-order chi connectivity index (χ0) is 11.7. The van der Waals surface area contributed by atoms with Crippen LogP contribution in [0.15, 0.2) is 24.3 Å². The molecular formula is C10H12Cl2O2S. The second-order valence-electron chi connectivity index (χ2n) is 4.00. The Balaban J connectivity index is 2.92.